The highest BCUT2D eigenvalue weighted by atomic mass is 32.1. The Hall–Kier alpha value is -0.410. The van der Waals surface area contributed by atoms with Crippen molar-refractivity contribution >= 4 is 11.3 Å². The maximum Gasteiger partial charge on any atom is 0.113 e. The third-order valence-corrected chi connectivity index (χ3v) is 5.62. The van der Waals surface area contributed by atoms with Gasteiger partial charge in [-0.05, 0) is 30.7 Å². The number of hydrogen-bond acceptors (Lipinski definition) is 3. The first-order valence-electron chi connectivity index (χ1n) is 7.82. The molecule has 114 valence electrons. The van der Waals surface area contributed by atoms with Gasteiger partial charge in [0, 0.05) is 10.8 Å². The Morgan fingerprint density at radius 1 is 1.40 bits per heavy atom. The fourth-order valence-corrected chi connectivity index (χ4v) is 5.08. The number of hydrogen-bond donors (Lipinski definition) is 1. The number of thiazole rings is 1. The highest BCUT2D eigenvalue weighted by molar-refractivity contribution is 7.09. The average molecular weight is 295 g/mol. The number of nitrogens with zero attached hydrogens (tertiary/aromatic N) is 1. The van der Waals surface area contributed by atoms with Crippen LogP contribution in [0.1, 0.15) is 72.0 Å². The van der Waals surface area contributed by atoms with E-state index in [4.69, 9.17) is 4.98 Å². The first kappa shape index (κ1) is 16.0. The van der Waals surface area contributed by atoms with E-state index in [1.807, 2.05) is 11.3 Å². The maximum atomic E-state index is 5.03. The predicted octanol–water partition coefficient (Wildman–Crippen LogP) is 4.70. The number of nitrogens with one attached hydrogen (secondary N) is 1. The molecule has 1 saturated carbocycles. The van der Waals surface area contributed by atoms with Gasteiger partial charge in [-0.3, -0.25) is 0 Å². The van der Waals surface area contributed by atoms with Crippen LogP contribution in [0.2, 0.25) is 0 Å². The summed E-state index contributed by atoms with van der Waals surface area (Å²) in [5.74, 6) is 0.636. The van der Waals surface area contributed by atoms with Gasteiger partial charge in [0.25, 0.3) is 0 Å². The smallest absolute Gasteiger partial charge is 0.113 e. The van der Waals surface area contributed by atoms with Crippen molar-refractivity contribution in [3.05, 3.63) is 16.1 Å². The van der Waals surface area contributed by atoms with Gasteiger partial charge in [-0.1, -0.05) is 48.5 Å². The van der Waals surface area contributed by atoms with Crippen LogP contribution in [0.3, 0.4) is 0 Å². The van der Waals surface area contributed by atoms with Gasteiger partial charge in [-0.25, -0.2) is 4.98 Å². The molecule has 3 heteroatoms. The van der Waals surface area contributed by atoms with Crippen LogP contribution in [0.15, 0.2) is 5.38 Å². The zero-order chi connectivity index (χ0) is 15.2. The second-order valence-corrected chi connectivity index (χ2v) is 9.09. The Labute approximate surface area is 128 Å². The summed E-state index contributed by atoms with van der Waals surface area (Å²) in [5, 5.41) is 7.34. The Kier molecular flexibility index (Phi) is 4.07. The molecule has 1 aliphatic carbocycles. The zero-order valence-electron chi connectivity index (χ0n) is 14.1. The Morgan fingerprint density at radius 2 is 2.05 bits per heavy atom. The molecule has 1 aromatic rings. The van der Waals surface area contributed by atoms with Gasteiger partial charge >= 0.3 is 0 Å². The summed E-state index contributed by atoms with van der Waals surface area (Å²) in [4.78, 5) is 5.03. The maximum absolute atomic E-state index is 5.03. The molecule has 2 unspecified atom stereocenters. The monoisotopic (exact) mass is 294 g/mol. The molecule has 0 saturated heterocycles. The molecule has 1 aliphatic rings. The molecule has 2 atom stereocenters. The van der Waals surface area contributed by atoms with Gasteiger partial charge in [0.05, 0.1) is 11.2 Å². The van der Waals surface area contributed by atoms with Crippen molar-refractivity contribution in [2.24, 2.45) is 11.3 Å². The quantitative estimate of drug-likeness (QED) is 0.874. The lowest BCUT2D eigenvalue weighted by atomic mass is 9.86. The standard InChI is InChI=1S/C17H30N2S/c1-8-18-17(11-16(6,7)9-12(17)2)14-19-13(10-20-14)15(3,4)5/h10,12,18H,8-9,11H2,1-7H3. The van der Waals surface area contributed by atoms with Crippen molar-refractivity contribution in [1.82, 2.24) is 10.3 Å². The SMILES string of the molecule is CCNC1(c2nc(C(C)(C)C)cs2)CC(C)(C)CC1C. The molecular formula is C17H30N2S. The van der Waals surface area contributed by atoms with Crippen LogP contribution in [0, 0.1) is 11.3 Å². The van der Waals surface area contributed by atoms with E-state index in [1.165, 1.54) is 23.5 Å². The minimum atomic E-state index is 0.0758. The van der Waals surface area contributed by atoms with Gasteiger partial charge in [0.1, 0.15) is 5.01 Å². The highest BCUT2D eigenvalue weighted by Gasteiger charge is 2.51. The van der Waals surface area contributed by atoms with Crippen molar-refractivity contribution < 1.29 is 0 Å². The van der Waals surface area contributed by atoms with Crippen LogP contribution in [-0.2, 0) is 11.0 Å². The summed E-state index contributed by atoms with van der Waals surface area (Å²) in [5.41, 5.74) is 1.84. The molecule has 20 heavy (non-hydrogen) atoms. The Balaban J connectivity index is 2.42. The molecule has 0 radical (unpaired) electrons. The fraction of sp³-hybridized carbons (Fsp3) is 0.824. The van der Waals surface area contributed by atoms with E-state index in [9.17, 15) is 0 Å². The van der Waals surface area contributed by atoms with Gasteiger partial charge in [-0.15, -0.1) is 11.3 Å². The summed E-state index contributed by atoms with van der Waals surface area (Å²) in [6, 6.07) is 0. The lowest BCUT2D eigenvalue weighted by Crippen LogP contribution is -2.45. The van der Waals surface area contributed by atoms with E-state index in [-0.39, 0.29) is 11.0 Å². The molecule has 0 bridgehead atoms. The van der Waals surface area contributed by atoms with Crippen LogP contribution in [0.25, 0.3) is 0 Å². The first-order chi connectivity index (χ1) is 9.11. The van der Waals surface area contributed by atoms with E-state index >= 15 is 0 Å². The fourth-order valence-electron chi connectivity index (χ4n) is 3.74. The van der Waals surface area contributed by atoms with Crippen LogP contribution in [0.5, 0.6) is 0 Å². The van der Waals surface area contributed by atoms with Crippen molar-refractivity contribution in [3.8, 4) is 0 Å². The summed E-state index contributed by atoms with van der Waals surface area (Å²) < 4.78 is 0. The Bertz CT molecular complexity index is 470. The van der Waals surface area contributed by atoms with E-state index in [2.05, 4.69) is 59.2 Å². The number of aromatic nitrogens is 1. The molecule has 1 aromatic heterocycles. The summed E-state index contributed by atoms with van der Waals surface area (Å²) in [6.45, 7) is 17.1. The van der Waals surface area contributed by atoms with Gasteiger partial charge < -0.3 is 5.32 Å². The minimum Gasteiger partial charge on any atom is -0.305 e. The molecule has 1 N–H and O–H groups in total. The van der Waals surface area contributed by atoms with E-state index in [1.54, 1.807) is 0 Å². The predicted molar refractivity (Wildman–Crippen MR) is 88.3 cm³/mol. The van der Waals surface area contributed by atoms with Crippen LogP contribution in [-0.4, -0.2) is 11.5 Å². The lowest BCUT2D eigenvalue weighted by molar-refractivity contribution is 0.255. The van der Waals surface area contributed by atoms with Gasteiger partial charge in [0.2, 0.25) is 0 Å². The summed E-state index contributed by atoms with van der Waals surface area (Å²) in [6.07, 6.45) is 2.45. The number of rotatable bonds is 3. The molecule has 2 nitrogen and oxygen atoms in total. The molecule has 0 aliphatic heterocycles. The third-order valence-electron chi connectivity index (χ3n) is 4.60. The summed E-state index contributed by atoms with van der Waals surface area (Å²) in [7, 11) is 0. The zero-order valence-corrected chi connectivity index (χ0v) is 14.9. The van der Waals surface area contributed by atoms with Gasteiger partial charge in [0.15, 0.2) is 0 Å². The Morgan fingerprint density at radius 3 is 2.45 bits per heavy atom. The van der Waals surface area contributed by atoms with Crippen LogP contribution in [0.4, 0.5) is 0 Å². The van der Waals surface area contributed by atoms with E-state index in [0.717, 1.165) is 6.54 Å². The molecule has 0 spiro atoms. The second kappa shape index (κ2) is 5.10. The van der Waals surface area contributed by atoms with Gasteiger partial charge in [-0.2, -0.15) is 0 Å². The first-order valence-corrected chi connectivity index (χ1v) is 8.70. The van der Waals surface area contributed by atoms with Crippen molar-refractivity contribution in [3.63, 3.8) is 0 Å². The van der Waals surface area contributed by atoms with Crippen molar-refractivity contribution in [1.29, 1.82) is 0 Å². The molecule has 0 amide bonds. The van der Waals surface area contributed by atoms with Crippen LogP contribution >= 0.6 is 11.3 Å². The van der Waals surface area contributed by atoms with E-state index in [0.29, 0.717) is 11.3 Å². The van der Waals surface area contributed by atoms with Crippen molar-refractivity contribution in [2.45, 2.75) is 72.3 Å². The van der Waals surface area contributed by atoms with Crippen molar-refractivity contribution in [2.75, 3.05) is 6.54 Å². The molecule has 0 aromatic carbocycles. The molecule has 2 rings (SSSR count). The largest absolute Gasteiger partial charge is 0.305 e. The molecular weight excluding hydrogens is 264 g/mol. The average Bonchev–Trinajstić information content (AvgIpc) is 2.82. The normalized spacial score (nSPS) is 29.9. The minimum absolute atomic E-state index is 0.0758. The third kappa shape index (κ3) is 2.80. The topological polar surface area (TPSA) is 24.9 Å². The van der Waals surface area contributed by atoms with Crippen LogP contribution < -0.4 is 5.32 Å². The lowest BCUT2D eigenvalue weighted by Gasteiger charge is -2.33. The van der Waals surface area contributed by atoms with E-state index < -0.39 is 0 Å². The summed E-state index contributed by atoms with van der Waals surface area (Å²) >= 11 is 1.84. The molecule has 1 fully saturated rings. The highest BCUT2D eigenvalue weighted by Crippen LogP contribution is 2.53. The molecule has 1 heterocycles. The second-order valence-electron chi connectivity index (χ2n) is 8.24.